The van der Waals surface area contributed by atoms with Crippen LogP contribution in [0.15, 0.2) is 10.9 Å². The Morgan fingerprint density at radius 1 is 1.50 bits per heavy atom. The second-order valence-corrected chi connectivity index (χ2v) is 3.67. The molecule has 4 N–H and O–H groups in total. The molecule has 6 heteroatoms. The molecule has 0 spiro atoms. The summed E-state index contributed by atoms with van der Waals surface area (Å²) < 4.78 is 0. The van der Waals surface area contributed by atoms with Crippen LogP contribution in [0.25, 0.3) is 0 Å². The average Bonchev–Trinajstić information content (AvgIpc) is 2.54. The minimum Gasteiger partial charge on any atom is -0.370 e. The lowest BCUT2D eigenvalue weighted by Gasteiger charge is -2.08. The molecule has 1 heterocycles. The molecule has 0 radical (unpaired) electrons. The highest BCUT2D eigenvalue weighted by molar-refractivity contribution is 7.07. The van der Waals surface area contributed by atoms with Crippen molar-refractivity contribution in [1.29, 1.82) is 0 Å². The minimum absolute atomic E-state index is 0.0210. The normalized spacial score (nSPS) is 12.3. The molecule has 0 saturated heterocycles. The third kappa shape index (κ3) is 3.14. The molecular formula is C8H11N3O2S. The van der Waals surface area contributed by atoms with E-state index < -0.39 is 17.7 Å². The Bertz CT molecular complexity index is 323. The van der Waals surface area contributed by atoms with E-state index in [1.165, 1.54) is 11.3 Å². The van der Waals surface area contributed by atoms with Gasteiger partial charge in [0.05, 0.1) is 17.1 Å². The van der Waals surface area contributed by atoms with Crippen LogP contribution < -0.4 is 11.5 Å². The highest BCUT2D eigenvalue weighted by atomic mass is 32.1. The minimum atomic E-state index is -0.547. The summed E-state index contributed by atoms with van der Waals surface area (Å²) in [5.41, 5.74) is 12.6. The van der Waals surface area contributed by atoms with Gasteiger partial charge in [0.1, 0.15) is 0 Å². The van der Waals surface area contributed by atoms with Crippen molar-refractivity contribution in [2.45, 2.75) is 12.8 Å². The van der Waals surface area contributed by atoms with Crippen LogP contribution in [0.2, 0.25) is 0 Å². The lowest BCUT2D eigenvalue weighted by Crippen LogP contribution is -2.29. The molecule has 14 heavy (non-hydrogen) atoms. The predicted octanol–water partition coefficient (Wildman–Crippen LogP) is -0.338. The van der Waals surface area contributed by atoms with Crippen molar-refractivity contribution in [3.63, 3.8) is 0 Å². The molecule has 1 aromatic heterocycles. The largest absolute Gasteiger partial charge is 0.370 e. The van der Waals surface area contributed by atoms with Crippen LogP contribution >= 0.6 is 11.3 Å². The summed E-state index contributed by atoms with van der Waals surface area (Å²) >= 11 is 1.43. The summed E-state index contributed by atoms with van der Waals surface area (Å²) in [6, 6.07) is 0. The van der Waals surface area contributed by atoms with Crippen molar-refractivity contribution in [3.05, 3.63) is 16.6 Å². The maximum absolute atomic E-state index is 11.0. The molecule has 0 aliphatic carbocycles. The van der Waals surface area contributed by atoms with E-state index in [4.69, 9.17) is 11.5 Å². The Balaban J connectivity index is 2.60. The first-order chi connectivity index (χ1) is 6.59. The number of nitrogens with two attached hydrogens (primary N) is 2. The van der Waals surface area contributed by atoms with Crippen molar-refractivity contribution >= 4 is 23.2 Å². The number of carbonyl (C=O) groups is 2. The Hall–Kier alpha value is -1.43. The number of thiazole rings is 1. The molecular weight excluding hydrogens is 202 g/mol. The fraction of sp³-hybridized carbons (Fsp3) is 0.375. The summed E-state index contributed by atoms with van der Waals surface area (Å²) in [4.78, 5) is 25.6. The highest BCUT2D eigenvalue weighted by Crippen LogP contribution is 2.11. The van der Waals surface area contributed by atoms with Crippen molar-refractivity contribution in [3.8, 4) is 0 Å². The number of carbonyl (C=O) groups excluding carboxylic acids is 2. The second-order valence-electron chi connectivity index (χ2n) is 2.95. The average molecular weight is 213 g/mol. The summed E-state index contributed by atoms with van der Waals surface area (Å²) in [6.07, 6.45) is 0.356. The van der Waals surface area contributed by atoms with Crippen LogP contribution in [0, 0.1) is 5.92 Å². The summed E-state index contributed by atoms with van der Waals surface area (Å²) in [5.74, 6) is -1.59. The van der Waals surface area contributed by atoms with Gasteiger partial charge in [-0.15, -0.1) is 11.3 Å². The van der Waals surface area contributed by atoms with Gasteiger partial charge < -0.3 is 11.5 Å². The van der Waals surface area contributed by atoms with E-state index in [0.717, 1.165) is 5.69 Å². The first-order valence-corrected chi connectivity index (χ1v) is 4.98. The zero-order valence-corrected chi connectivity index (χ0v) is 8.29. The smallest absolute Gasteiger partial charge is 0.221 e. The fourth-order valence-electron chi connectivity index (χ4n) is 1.11. The number of aromatic nitrogens is 1. The number of primary amides is 2. The monoisotopic (exact) mass is 213 g/mol. The quantitative estimate of drug-likeness (QED) is 0.700. The zero-order chi connectivity index (χ0) is 10.6. The van der Waals surface area contributed by atoms with Crippen LogP contribution in [-0.4, -0.2) is 16.8 Å². The molecule has 0 aliphatic rings. The summed E-state index contributed by atoms with van der Waals surface area (Å²) in [7, 11) is 0. The molecule has 0 aromatic carbocycles. The van der Waals surface area contributed by atoms with Gasteiger partial charge in [-0.2, -0.15) is 0 Å². The Labute approximate surface area is 85.1 Å². The van der Waals surface area contributed by atoms with Crippen LogP contribution in [-0.2, 0) is 16.0 Å². The van der Waals surface area contributed by atoms with Crippen molar-refractivity contribution < 1.29 is 9.59 Å². The molecule has 0 bridgehead atoms. The maximum atomic E-state index is 11.0. The van der Waals surface area contributed by atoms with Gasteiger partial charge in [-0.05, 0) is 0 Å². The molecule has 2 amide bonds. The molecule has 5 nitrogen and oxygen atoms in total. The number of amides is 2. The first-order valence-electron chi connectivity index (χ1n) is 4.04. The second kappa shape index (κ2) is 4.71. The lowest BCUT2D eigenvalue weighted by molar-refractivity contribution is -0.126. The molecule has 1 unspecified atom stereocenters. The van der Waals surface area contributed by atoms with Gasteiger partial charge in [-0.3, -0.25) is 9.59 Å². The van der Waals surface area contributed by atoms with Crippen LogP contribution in [0.5, 0.6) is 0 Å². The van der Waals surface area contributed by atoms with Gasteiger partial charge in [-0.1, -0.05) is 0 Å². The van der Waals surface area contributed by atoms with Gasteiger partial charge in [-0.25, -0.2) is 4.98 Å². The molecule has 1 aromatic rings. The predicted molar refractivity (Wildman–Crippen MR) is 52.3 cm³/mol. The fourth-order valence-corrected chi connectivity index (χ4v) is 1.68. The summed E-state index contributed by atoms with van der Waals surface area (Å²) in [6.45, 7) is 0. The van der Waals surface area contributed by atoms with Gasteiger partial charge in [0, 0.05) is 18.2 Å². The van der Waals surface area contributed by atoms with Crippen LogP contribution in [0.1, 0.15) is 12.1 Å². The third-order valence-corrected chi connectivity index (χ3v) is 2.42. The van der Waals surface area contributed by atoms with Crippen molar-refractivity contribution in [1.82, 2.24) is 4.98 Å². The van der Waals surface area contributed by atoms with Gasteiger partial charge >= 0.3 is 0 Å². The van der Waals surface area contributed by atoms with E-state index in [2.05, 4.69) is 4.98 Å². The maximum Gasteiger partial charge on any atom is 0.221 e. The van der Waals surface area contributed by atoms with E-state index in [1.54, 1.807) is 5.51 Å². The SMILES string of the molecule is NC(=O)CC(Cc1cscn1)C(N)=O. The van der Waals surface area contributed by atoms with E-state index in [9.17, 15) is 9.59 Å². The topological polar surface area (TPSA) is 99.1 Å². The van der Waals surface area contributed by atoms with Gasteiger partial charge in [0.15, 0.2) is 0 Å². The Morgan fingerprint density at radius 3 is 2.64 bits per heavy atom. The standard InChI is InChI=1S/C8H11N3O2S/c9-7(12)2-5(8(10)13)1-6-3-14-4-11-6/h3-5H,1-2H2,(H2,9,12)(H2,10,13). The molecule has 76 valence electrons. The van der Waals surface area contributed by atoms with Crippen LogP contribution in [0.3, 0.4) is 0 Å². The number of hydrogen-bond donors (Lipinski definition) is 2. The number of nitrogens with zero attached hydrogens (tertiary/aromatic N) is 1. The molecule has 1 rings (SSSR count). The van der Waals surface area contributed by atoms with Crippen LogP contribution in [0.4, 0.5) is 0 Å². The highest BCUT2D eigenvalue weighted by Gasteiger charge is 2.19. The van der Waals surface area contributed by atoms with Gasteiger partial charge in [0.25, 0.3) is 0 Å². The Morgan fingerprint density at radius 2 is 2.21 bits per heavy atom. The third-order valence-electron chi connectivity index (χ3n) is 1.79. The van der Waals surface area contributed by atoms with E-state index in [0.29, 0.717) is 6.42 Å². The van der Waals surface area contributed by atoms with Crippen molar-refractivity contribution in [2.24, 2.45) is 17.4 Å². The first kappa shape index (κ1) is 10.6. The number of rotatable bonds is 5. The summed E-state index contributed by atoms with van der Waals surface area (Å²) in [5, 5.41) is 1.82. The number of hydrogen-bond acceptors (Lipinski definition) is 4. The van der Waals surface area contributed by atoms with Crippen molar-refractivity contribution in [2.75, 3.05) is 0 Å². The van der Waals surface area contributed by atoms with E-state index in [1.807, 2.05) is 5.38 Å². The molecule has 0 aliphatic heterocycles. The van der Waals surface area contributed by atoms with Gasteiger partial charge in [0.2, 0.25) is 11.8 Å². The zero-order valence-electron chi connectivity index (χ0n) is 7.47. The molecule has 0 fully saturated rings. The van der Waals surface area contributed by atoms with E-state index >= 15 is 0 Å². The lowest BCUT2D eigenvalue weighted by atomic mass is 9.99. The molecule has 1 atom stereocenters. The molecule has 0 saturated carbocycles. The Kier molecular flexibility index (Phi) is 3.58. The van der Waals surface area contributed by atoms with E-state index in [-0.39, 0.29) is 6.42 Å².